The van der Waals surface area contributed by atoms with Gasteiger partial charge in [-0.25, -0.2) is 8.42 Å². The lowest BCUT2D eigenvalue weighted by Gasteiger charge is -2.21. The zero-order valence-corrected chi connectivity index (χ0v) is 18.3. The van der Waals surface area contributed by atoms with Gasteiger partial charge in [-0.1, -0.05) is 62.4 Å². The van der Waals surface area contributed by atoms with Gasteiger partial charge in [0.25, 0.3) is 5.91 Å². The first-order valence-electron chi connectivity index (χ1n) is 10.1. The van der Waals surface area contributed by atoms with Gasteiger partial charge in [-0.3, -0.25) is 9.59 Å². The molecule has 1 aliphatic rings. The Balaban J connectivity index is 1.60. The van der Waals surface area contributed by atoms with Crippen molar-refractivity contribution in [2.75, 3.05) is 18.1 Å². The van der Waals surface area contributed by atoms with E-state index in [1.807, 2.05) is 30.3 Å². The molecule has 1 N–H and O–H groups in total. The fraction of sp³-hybridized carbons (Fsp3) is 0.304. The number of nitrogens with one attached hydrogen (secondary N) is 1. The van der Waals surface area contributed by atoms with E-state index < -0.39 is 28.6 Å². The highest BCUT2D eigenvalue weighted by Gasteiger charge is 2.30. The number of nitrogens with zero attached hydrogens (tertiary/aromatic N) is 1. The molecule has 0 aromatic heterocycles. The van der Waals surface area contributed by atoms with Gasteiger partial charge in [0.15, 0.2) is 6.61 Å². The van der Waals surface area contributed by atoms with Crippen LogP contribution in [0.25, 0.3) is 6.08 Å². The van der Waals surface area contributed by atoms with Gasteiger partial charge < -0.3 is 9.64 Å². The van der Waals surface area contributed by atoms with Gasteiger partial charge in [-0.15, -0.1) is 0 Å². The number of para-hydroxylation sites is 1. The van der Waals surface area contributed by atoms with Crippen molar-refractivity contribution in [3.05, 3.63) is 71.1 Å². The average Bonchev–Trinajstić information content (AvgIpc) is 3.19. The summed E-state index contributed by atoms with van der Waals surface area (Å²) in [6.45, 7) is 3.49. The number of ether oxygens (including phenoxy) is 1. The fourth-order valence-electron chi connectivity index (χ4n) is 3.30. The Morgan fingerprint density at radius 1 is 1.10 bits per heavy atom. The van der Waals surface area contributed by atoms with Gasteiger partial charge in [0.2, 0.25) is 10.0 Å². The molecule has 0 saturated carbocycles. The fourth-order valence-corrected chi connectivity index (χ4v) is 4.44. The molecule has 1 aliphatic heterocycles. The van der Waals surface area contributed by atoms with Gasteiger partial charge in [-0.05, 0) is 35.6 Å². The highest BCUT2D eigenvalue weighted by atomic mass is 32.2. The van der Waals surface area contributed by atoms with Gasteiger partial charge >= 0.3 is 5.97 Å². The van der Waals surface area contributed by atoms with E-state index in [1.165, 1.54) is 6.08 Å². The van der Waals surface area contributed by atoms with Crippen LogP contribution in [0, 0.1) is 5.92 Å². The summed E-state index contributed by atoms with van der Waals surface area (Å²) >= 11 is 0. The third-order valence-electron chi connectivity index (χ3n) is 4.98. The predicted molar refractivity (Wildman–Crippen MR) is 120 cm³/mol. The first-order valence-corrected chi connectivity index (χ1v) is 11.6. The number of esters is 1. The third-order valence-corrected chi connectivity index (χ3v) is 6.05. The first kappa shape index (κ1) is 22.7. The minimum Gasteiger partial charge on any atom is -0.454 e. The van der Waals surface area contributed by atoms with Crippen molar-refractivity contribution in [3.8, 4) is 0 Å². The van der Waals surface area contributed by atoms with E-state index in [-0.39, 0.29) is 11.8 Å². The lowest BCUT2D eigenvalue weighted by molar-refractivity contribution is -0.150. The molecule has 8 heteroatoms. The van der Waals surface area contributed by atoms with E-state index in [0.717, 1.165) is 23.1 Å². The quantitative estimate of drug-likeness (QED) is 0.635. The van der Waals surface area contributed by atoms with E-state index in [0.29, 0.717) is 12.1 Å². The second-order valence-corrected chi connectivity index (χ2v) is 9.23. The maximum atomic E-state index is 12.6. The van der Waals surface area contributed by atoms with E-state index in [1.54, 1.807) is 43.0 Å². The minimum atomic E-state index is -3.89. The van der Waals surface area contributed by atoms with Crippen LogP contribution < -0.4 is 9.62 Å². The molecule has 0 saturated heterocycles. The van der Waals surface area contributed by atoms with Crippen molar-refractivity contribution in [2.24, 2.45) is 5.92 Å². The summed E-state index contributed by atoms with van der Waals surface area (Å²) in [5.41, 5.74) is 2.60. The lowest BCUT2D eigenvalue weighted by atomic mass is 10.1. The van der Waals surface area contributed by atoms with Crippen LogP contribution >= 0.6 is 0 Å². The molecule has 1 atom stereocenters. The molecule has 1 heterocycles. The molecular formula is C23H26N2O5S. The standard InChI is InChI=1S/C23H26N2O5S/c1-17(2)22(24-31(28,29)15-13-18-8-4-3-5-9-18)23(27)30-16-21(26)25-14-12-19-10-6-7-11-20(19)25/h3-11,13,15,17,22,24H,12,14,16H2,1-2H3/b15-13+. The second-order valence-electron chi connectivity index (χ2n) is 7.63. The van der Waals surface area contributed by atoms with Crippen molar-refractivity contribution >= 4 is 33.7 Å². The van der Waals surface area contributed by atoms with E-state index in [9.17, 15) is 18.0 Å². The monoisotopic (exact) mass is 442 g/mol. The van der Waals surface area contributed by atoms with Crippen molar-refractivity contribution in [1.29, 1.82) is 0 Å². The van der Waals surface area contributed by atoms with Gasteiger partial charge in [0.05, 0.1) is 0 Å². The first-order chi connectivity index (χ1) is 14.8. The maximum absolute atomic E-state index is 12.6. The van der Waals surface area contributed by atoms with Crippen LogP contribution in [-0.4, -0.2) is 39.5 Å². The number of fused-ring (bicyclic) bond motifs is 1. The molecule has 0 aliphatic carbocycles. The van der Waals surface area contributed by atoms with Crippen molar-refractivity contribution in [3.63, 3.8) is 0 Å². The van der Waals surface area contributed by atoms with Crippen LogP contribution in [0.15, 0.2) is 60.0 Å². The molecular weight excluding hydrogens is 416 g/mol. The smallest absolute Gasteiger partial charge is 0.324 e. The molecule has 31 heavy (non-hydrogen) atoms. The topological polar surface area (TPSA) is 92.8 Å². The summed E-state index contributed by atoms with van der Waals surface area (Å²) in [7, 11) is -3.89. The van der Waals surface area contributed by atoms with Crippen LogP contribution in [-0.2, 0) is 30.8 Å². The molecule has 0 fully saturated rings. The zero-order chi connectivity index (χ0) is 22.4. The molecule has 1 unspecified atom stereocenters. The minimum absolute atomic E-state index is 0.340. The number of sulfonamides is 1. The third kappa shape index (κ3) is 6.02. The molecule has 3 rings (SSSR count). The number of amides is 1. The SMILES string of the molecule is CC(C)C(NS(=O)(=O)/C=C/c1ccccc1)C(=O)OCC(=O)N1CCc2ccccc21. The molecule has 0 radical (unpaired) electrons. The van der Waals surface area contributed by atoms with E-state index >= 15 is 0 Å². The van der Waals surface area contributed by atoms with Crippen molar-refractivity contribution in [2.45, 2.75) is 26.3 Å². The number of benzene rings is 2. The maximum Gasteiger partial charge on any atom is 0.324 e. The number of hydrogen-bond acceptors (Lipinski definition) is 5. The van der Waals surface area contributed by atoms with Crippen molar-refractivity contribution < 1.29 is 22.7 Å². The molecule has 0 spiro atoms. The largest absolute Gasteiger partial charge is 0.454 e. The molecule has 1 amide bonds. The Kier molecular flexibility index (Phi) is 7.25. The second kappa shape index (κ2) is 9.89. The van der Waals surface area contributed by atoms with Crippen LogP contribution in [0.2, 0.25) is 0 Å². The molecule has 2 aromatic rings. The predicted octanol–water partition coefficient (Wildman–Crippen LogP) is 2.73. The number of carbonyl (C=O) groups excluding carboxylic acids is 2. The van der Waals surface area contributed by atoms with Crippen LogP contribution in [0.1, 0.15) is 25.0 Å². The number of hydrogen-bond donors (Lipinski definition) is 1. The summed E-state index contributed by atoms with van der Waals surface area (Å²) < 4.78 is 32.4. The summed E-state index contributed by atoms with van der Waals surface area (Å²) in [6.07, 6.45) is 2.19. The molecule has 0 bridgehead atoms. The van der Waals surface area contributed by atoms with Crippen LogP contribution in [0.4, 0.5) is 5.69 Å². The average molecular weight is 443 g/mol. The Labute approximate surface area is 182 Å². The normalized spacial score (nSPS) is 14.6. The highest BCUT2D eigenvalue weighted by Crippen LogP contribution is 2.27. The Bertz CT molecular complexity index is 1060. The lowest BCUT2D eigenvalue weighted by Crippen LogP contribution is -2.45. The van der Waals surface area contributed by atoms with Crippen molar-refractivity contribution in [1.82, 2.24) is 4.72 Å². The summed E-state index contributed by atoms with van der Waals surface area (Å²) in [4.78, 5) is 26.7. The molecule has 2 aromatic carbocycles. The van der Waals surface area contributed by atoms with Gasteiger partial charge in [-0.2, -0.15) is 4.72 Å². The molecule has 164 valence electrons. The molecule has 7 nitrogen and oxygen atoms in total. The van der Waals surface area contributed by atoms with Gasteiger partial charge in [0.1, 0.15) is 6.04 Å². The van der Waals surface area contributed by atoms with Crippen LogP contribution in [0.5, 0.6) is 0 Å². The summed E-state index contributed by atoms with van der Waals surface area (Å²) in [5, 5.41) is 1.01. The van der Waals surface area contributed by atoms with E-state index in [2.05, 4.69) is 4.72 Å². The zero-order valence-electron chi connectivity index (χ0n) is 17.5. The highest BCUT2D eigenvalue weighted by molar-refractivity contribution is 7.92. The van der Waals surface area contributed by atoms with Crippen LogP contribution in [0.3, 0.4) is 0 Å². The van der Waals surface area contributed by atoms with Gasteiger partial charge in [0, 0.05) is 17.6 Å². The number of carbonyl (C=O) groups is 2. The Morgan fingerprint density at radius 2 is 1.77 bits per heavy atom. The van der Waals surface area contributed by atoms with E-state index in [4.69, 9.17) is 4.74 Å². The number of rotatable bonds is 8. The number of anilines is 1. The summed E-state index contributed by atoms with van der Waals surface area (Å²) in [5.74, 6) is -1.49. The Morgan fingerprint density at radius 3 is 2.48 bits per heavy atom. The Hall–Kier alpha value is -2.97. The summed E-state index contributed by atoms with van der Waals surface area (Å²) in [6, 6.07) is 15.4.